The molecular formula is C31H26FN3O. The van der Waals surface area contributed by atoms with E-state index in [9.17, 15) is 14.4 Å². The van der Waals surface area contributed by atoms with Gasteiger partial charge >= 0.3 is 0 Å². The molecule has 0 spiro atoms. The molecule has 2 aliphatic rings. The predicted molar refractivity (Wildman–Crippen MR) is 140 cm³/mol. The van der Waals surface area contributed by atoms with Gasteiger partial charge in [0.25, 0.3) is 5.91 Å². The molecule has 3 atom stereocenters. The molecular weight excluding hydrogens is 449 g/mol. The normalized spacial score (nSPS) is 20.9. The molecule has 36 heavy (non-hydrogen) atoms. The Balaban J connectivity index is 1.47. The van der Waals surface area contributed by atoms with Crippen molar-refractivity contribution < 1.29 is 9.18 Å². The Hall–Kier alpha value is -4.01. The number of carbonyl (C=O) groups excluding carboxylic acids is 1. The Morgan fingerprint density at radius 2 is 1.56 bits per heavy atom. The van der Waals surface area contributed by atoms with Gasteiger partial charge in [0.1, 0.15) is 11.9 Å². The number of fused-ring (bicyclic) bond motifs is 3. The highest BCUT2D eigenvalue weighted by atomic mass is 19.1. The second-order valence-electron chi connectivity index (χ2n) is 9.96. The highest BCUT2D eigenvalue weighted by molar-refractivity contribution is 5.99. The third kappa shape index (κ3) is 3.84. The summed E-state index contributed by atoms with van der Waals surface area (Å²) in [5, 5.41) is 11.4. The first-order valence-electron chi connectivity index (χ1n) is 12.4. The minimum absolute atomic E-state index is 0.000494. The summed E-state index contributed by atoms with van der Waals surface area (Å²) in [4.78, 5) is 15.7. The molecule has 2 aliphatic heterocycles. The number of hydrogen-bond donors (Lipinski definition) is 1. The molecule has 178 valence electrons. The highest BCUT2D eigenvalue weighted by Crippen LogP contribution is 2.39. The van der Waals surface area contributed by atoms with Crippen LogP contribution in [0.1, 0.15) is 41.6 Å². The molecule has 2 bridgehead atoms. The lowest BCUT2D eigenvalue weighted by molar-refractivity contribution is 0.0575. The largest absolute Gasteiger partial charge is 0.333 e. The first-order chi connectivity index (χ1) is 17.5. The van der Waals surface area contributed by atoms with E-state index in [-0.39, 0.29) is 29.6 Å². The summed E-state index contributed by atoms with van der Waals surface area (Å²) in [7, 11) is 0. The summed E-state index contributed by atoms with van der Waals surface area (Å²) in [6.07, 6.45) is 3.66. The minimum Gasteiger partial charge on any atom is -0.333 e. The number of nitrogens with zero attached hydrogens (tertiary/aromatic N) is 2. The van der Waals surface area contributed by atoms with Gasteiger partial charge in [0.15, 0.2) is 0 Å². The summed E-state index contributed by atoms with van der Waals surface area (Å²) < 4.78 is 14.7. The van der Waals surface area contributed by atoms with Gasteiger partial charge in [-0.1, -0.05) is 48.5 Å². The van der Waals surface area contributed by atoms with E-state index in [4.69, 9.17) is 5.73 Å². The molecule has 5 heteroatoms. The topological polar surface area (TPSA) is 70.1 Å². The third-order valence-corrected chi connectivity index (χ3v) is 7.73. The zero-order chi connectivity index (χ0) is 24.8. The van der Waals surface area contributed by atoms with Gasteiger partial charge in [-0.15, -0.1) is 0 Å². The molecule has 2 N–H and O–H groups in total. The molecule has 0 aromatic heterocycles. The van der Waals surface area contributed by atoms with Crippen molar-refractivity contribution >= 4 is 16.7 Å². The quantitative estimate of drug-likeness (QED) is 0.379. The number of halogens is 1. The third-order valence-electron chi connectivity index (χ3n) is 7.73. The van der Waals surface area contributed by atoms with Gasteiger partial charge in [-0.3, -0.25) is 4.79 Å². The van der Waals surface area contributed by atoms with Crippen molar-refractivity contribution in [3.05, 3.63) is 95.8 Å². The van der Waals surface area contributed by atoms with E-state index in [1.54, 1.807) is 6.07 Å². The SMILES string of the molecule is N#Cc1ccc(-c2cc(C(=O)N3[C@@H]4CC[C@H]3C[C@H](N)C4)ccc2-c2ccc3ccccc3c2)cc1F. The maximum Gasteiger partial charge on any atom is 0.254 e. The van der Waals surface area contributed by atoms with Crippen molar-refractivity contribution in [1.29, 1.82) is 5.26 Å². The van der Waals surface area contributed by atoms with Crippen LogP contribution in [0.25, 0.3) is 33.0 Å². The number of rotatable bonds is 3. The molecule has 0 saturated carbocycles. The van der Waals surface area contributed by atoms with E-state index in [2.05, 4.69) is 30.3 Å². The van der Waals surface area contributed by atoms with Crippen LogP contribution in [0.4, 0.5) is 4.39 Å². The number of piperidine rings is 1. The Labute approximate surface area is 209 Å². The van der Waals surface area contributed by atoms with Crippen molar-refractivity contribution in [1.82, 2.24) is 4.90 Å². The van der Waals surface area contributed by atoms with Crippen LogP contribution in [0.2, 0.25) is 0 Å². The number of carbonyl (C=O) groups is 1. The van der Waals surface area contributed by atoms with Gasteiger partial charge in [0, 0.05) is 23.7 Å². The van der Waals surface area contributed by atoms with Crippen LogP contribution in [0.3, 0.4) is 0 Å². The Morgan fingerprint density at radius 1 is 0.861 bits per heavy atom. The van der Waals surface area contributed by atoms with Gasteiger partial charge in [-0.25, -0.2) is 4.39 Å². The van der Waals surface area contributed by atoms with Crippen LogP contribution >= 0.6 is 0 Å². The van der Waals surface area contributed by atoms with Gasteiger partial charge in [-0.2, -0.15) is 5.26 Å². The second-order valence-corrected chi connectivity index (χ2v) is 9.96. The van der Waals surface area contributed by atoms with Crippen LogP contribution in [0, 0.1) is 17.1 Å². The zero-order valence-electron chi connectivity index (χ0n) is 19.8. The van der Waals surface area contributed by atoms with E-state index in [1.807, 2.05) is 41.3 Å². The summed E-state index contributed by atoms with van der Waals surface area (Å²) in [6.45, 7) is 0. The lowest BCUT2D eigenvalue weighted by Crippen LogP contribution is -2.50. The maximum absolute atomic E-state index is 14.7. The summed E-state index contributed by atoms with van der Waals surface area (Å²) in [6, 6.07) is 27.1. The number of hydrogen-bond acceptors (Lipinski definition) is 3. The lowest BCUT2D eigenvalue weighted by Gasteiger charge is -2.38. The monoisotopic (exact) mass is 475 g/mol. The minimum atomic E-state index is -0.570. The molecule has 6 rings (SSSR count). The second kappa shape index (κ2) is 8.89. The molecule has 4 aromatic rings. The highest BCUT2D eigenvalue weighted by Gasteiger charge is 2.42. The van der Waals surface area contributed by atoms with Crippen molar-refractivity contribution in [2.45, 2.75) is 43.8 Å². The molecule has 1 amide bonds. The van der Waals surface area contributed by atoms with Crippen molar-refractivity contribution in [3.8, 4) is 28.3 Å². The molecule has 2 saturated heterocycles. The predicted octanol–water partition coefficient (Wildman–Crippen LogP) is 6.28. The van der Waals surface area contributed by atoms with E-state index in [1.165, 1.54) is 12.1 Å². The van der Waals surface area contributed by atoms with E-state index >= 15 is 0 Å². The Bertz CT molecular complexity index is 1520. The number of amides is 1. The fraction of sp³-hybridized carbons (Fsp3) is 0.226. The molecule has 0 aliphatic carbocycles. The van der Waals surface area contributed by atoms with Crippen molar-refractivity contribution in [2.24, 2.45) is 5.73 Å². The molecule has 0 unspecified atom stereocenters. The average Bonchev–Trinajstić information content (AvgIpc) is 3.18. The maximum atomic E-state index is 14.7. The van der Waals surface area contributed by atoms with Crippen LogP contribution in [0.5, 0.6) is 0 Å². The average molecular weight is 476 g/mol. The zero-order valence-corrected chi connectivity index (χ0v) is 19.8. The summed E-state index contributed by atoms with van der Waals surface area (Å²) in [5.41, 5.74) is 10.1. The Morgan fingerprint density at radius 3 is 2.28 bits per heavy atom. The van der Waals surface area contributed by atoms with Crippen LogP contribution in [0.15, 0.2) is 78.9 Å². The smallest absolute Gasteiger partial charge is 0.254 e. The number of benzene rings is 4. The van der Waals surface area contributed by atoms with Gasteiger partial charge in [0.2, 0.25) is 0 Å². The molecule has 4 aromatic carbocycles. The van der Waals surface area contributed by atoms with Crippen LogP contribution < -0.4 is 5.73 Å². The first-order valence-corrected chi connectivity index (χ1v) is 12.4. The van der Waals surface area contributed by atoms with E-state index < -0.39 is 5.82 Å². The van der Waals surface area contributed by atoms with E-state index in [0.29, 0.717) is 11.1 Å². The lowest BCUT2D eigenvalue weighted by atomic mass is 9.90. The fourth-order valence-electron chi connectivity index (χ4n) is 6.00. The van der Waals surface area contributed by atoms with Crippen LogP contribution in [-0.2, 0) is 0 Å². The first kappa shape index (κ1) is 22.5. The van der Waals surface area contributed by atoms with E-state index in [0.717, 1.165) is 53.1 Å². The fourth-order valence-corrected chi connectivity index (χ4v) is 6.00. The van der Waals surface area contributed by atoms with Gasteiger partial charge in [0.05, 0.1) is 5.56 Å². The standard InChI is InChI=1S/C31H26FN3O/c32-30-15-22(7-8-24(30)18-33)29-14-23(31(36)35-26-10-11-27(35)17-25(34)16-26)9-12-28(29)21-6-5-19-3-1-2-4-20(19)13-21/h1-9,12-15,25-27H,10-11,16-17,34H2/t25-,26-,27+. The Kier molecular flexibility index (Phi) is 5.55. The van der Waals surface area contributed by atoms with Gasteiger partial charge in [-0.05, 0) is 89.0 Å². The van der Waals surface area contributed by atoms with Crippen molar-refractivity contribution in [3.63, 3.8) is 0 Å². The summed E-state index contributed by atoms with van der Waals surface area (Å²) >= 11 is 0. The molecule has 2 heterocycles. The van der Waals surface area contributed by atoms with Gasteiger partial charge < -0.3 is 10.6 Å². The molecule has 2 fully saturated rings. The molecule has 0 radical (unpaired) electrons. The summed E-state index contributed by atoms with van der Waals surface area (Å²) in [5.74, 6) is -0.561. The number of nitrogens with two attached hydrogens (primary N) is 1. The molecule has 4 nitrogen and oxygen atoms in total. The number of nitriles is 1. The van der Waals surface area contributed by atoms with Crippen LogP contribution in [-0.4, -0.2) is 28.9 Å². The van der Waals surface area contributed by atoms with Crippen molar-refractivity contribution in [2.75, 3.05) is 0 Å².